The standard InChI is InChI=1S/C13H17NO4/c1-13(16)8-14(9-13)12(15)7-18-11-6-4-3-5-10(11)17-2/h3-6,16H,7-9H2,1-2H3. The number of ether oxygens (including phenoxy) is 2. The van der Waals surface area contributed by atoms with Crippen molar-refractivity contribution in [1.82, 2.24) is 4.90 Å². The van der Waals surface area contributed by atoms with Crippen LogP contribution in [0.5, 0.6) is 11.5 Å². The SMILES string of the molecule is COc1ccccc1OCC(=O)N1CC(C)(O)C1. The zero-order valence-corrected chi connectivity index (χ0v) is 10.5. The number of methoxy groups -OCH3 is 1. The van der Waals surface area contributed by atoms with Gasteiger partial charge in [0.15, 0.2) is 18.1 Å². The van der Waals surface area contributed by atoms with Gasteiger partial charge in [-0.2, -0.15) is 0 Å². The van der Waals surface area contributed by atoms with Gasteiger partial charge in [0.25, 0.3) is 5.91 Å². The molecule has 0 bridgehead atoms. The highest BCUT2D eigenvalue weighted by molar-refractivity contribution is 5.79. The highest BCUT2D eigenvalue weighted by atomic mass is 16.5. The summed E-state index contributed by atoms with van der Waals surface area (Å²) in [6.45, 7) is 2.39. The van der Waals surface area contributed by atoms with Gasteiger partial charge in [-0.3, -0.25) is 4.79 Å². The fraction of sp³-hybridized carbons (Fsp3) is 0.462. The van der Waals surface area contributed by atoms with Gasteiger partial charge in [-0.1, -0.05) is 12.1 Å². The Labute approximate surface area is 106 Å². The van der Waals surface area contributed by atoms with E-state index in [9.17, 15) is 9.90 Å². The molecule has 5 nitrogen and oxygen atoms in total. The van der Waals surface area contributed by atoms with Crippen LogP contribution in [-0.2, 0) is 4.79 Å². The predicted molar refractivity (Wildman–Crippen MR) is 65.7 cm³/mol. The number of likely N-dealkylation sites (tertiary alicyclic amines) is 1. The van der Waals surface area contributed by atoms with E-state index in [1.807, 2.05) is 12.1 Å². The Balaban J connectivity index is 1.86. The van der Waals surface area contributed by atoms with E-state index in [0.717, 1.165) is 0 Å². The lowest BCUT2D eigenvalue weighted by molar-refractivity contribution is -0.154. The summed E-state index contributed by atoms with van der Waals surface area (Å²) < 4.78 is 10.5. The Morgan fingerprint density at radius 2 is 2.00 bits per heavy atom. The zero-order valence-electron chi connectivity index (χ0n) is 10.5. The number of nitrogens with zero attached hydrogens (tertiary/aromatic N) is 1. The molecule has 0 unspecified atom stereocenters. The molecule has 1 amide bonds. The largest absolute Gasteiger partial charge is 0.493 e. The van der Waals surface area contributed by atoms with E-state index in [1.165, 1.54) is 0 Å². The molecule has 0 atom stereocenters. The predicted octanol–water partition coefficient (Wildman–Crippen LogP) is 0.667. The van der Waals surface area contributed by atoms with Crippen molar-refractivity contribution in [3.63, 3.8) is 0 Å². The molecule has 5 heteroatoms. The van der Waals surface area contributed by atoms with Crippen molar-refractivity contribution < 1.29 is 19.4 Å². The molecule has 1 aromatic rings. The molecule has 1 N–H and O–H groups in total. The van der Waals surface area contributed by atoms with Crippen LogP contribution in [0.15, 0.2) is 24.3 Å². The van der Waals surface area contributed by atoms with Crippen molar-refractivity contribution in [2.45, 2.75) is 12.5 Å². The molecule has 1 aliphatic heterocycles. The number of carbonyl (C=O) groups excluding carboxylic acids is 1. The van der Waals surface area contributed by atoms with Crippen LogP contribution in [-0.4, -0.2) is 48.3 Å². The summed E-state index contributed by atoms with van der Waals surface area (Å²) in [5, 5.41) is 9.55. The molecule has 0 radical (unpaired) electrons. The molecule has 1 fully saturated rings. The normalized spacial score (nSPS) is 16.9. The molecule has 1 saturated heterocycles. The van der Waals surface area contributed by atoms with Gasteiger partial charge in [0.1, 0.15) is 0 Å². The van der Waals surface area contributed by atoms with Crippen LogP contribution in [0.1, 0.15) is 6.92 Å². The van der Waals surface area contributed by atoms with Crippen LogP contribution < -0.4 is 9.47 Å². The van der Waals surface area contributed by atoms with E-state index in [4.69, 9.17) is 9.47 Å². The first kappa shape index (κ1) is 12.7. The number of hydrogen-bond donors (Lipinski definition) is 1. The summed E-state index contributed by atoms with van der Waals surface area (Å²) in [7, 11) is 1.55. The van der Waals surface area contributed by atoms with Crippen LogP contribution in [0, 0.1) is 0 Å². The molecule has 0 spiro atoms. The summed E-state index contributed by atoms with van der Waals surface area (Å²) in [5.74, 6) is 1.01. The first-order valence-electron chi connectivity index (χ1n) is 5.78. The maximum Gasteiger partial charge on any atom is 0.260 e. The fourth-order valence-electron chi connectivity index (χ4n) is 1.92. The maximum absolute atomic E-state index is 11.7. The molecular formula is C13H17NO4. The molecule has 98 valence electrons. The minimum absolute atomic E-state index is 0.0452. The van der Waals surface area contributed by atoms with Gasteiger partial charge in [-0.15, -0.1) is 0 Å². The molecule has 0 aliphatic carbocycles. The second-order valence-corrected chi connectivity index (χ2v) is 4.69. The molecule has 0 aromatic heterocycles. The van der Waals surface area contributed by atoms with Crippen LogP contribution in [0.4, 0.5) is 0 Å². The maximum atomic E-state index is 11.7. The van der Waals surface area contributed by atoms with Gasteiger partial charge >= 0.3 is 0 Å². The van der Waals surface area contributed by atoms with E-state index in [-0.39, 0.29) is 12.5 Å². The van der Waals surface area contributed by atoms with Crippen molar-refractivity contribution in [2.24, 2.45) is 0 Å². The Hall–Kier alpha value is -1.75. The first-order chi connectivity index (χ1) is 8.52. The van der Waals surface area contributed by atoms with Gasteiger partial charge in [-0.25, -0.2) is 0 Å². The third kappa shape index (κ3) is 2.73. The molecule has 0 saturated carbocycles. The van der Waals surface area contributed by atoms with Gasteiger partial charge < -0.3 is 19.5 Å². The quantitative estimate of drug-likeness (QED) is 0.854. The lowest BCUT2D eigenvalue weighted by Crippen LogP contribution is -2.62. The first-order valence-corrected chi connectivity index (χ1v) is 5.78. The third-order valence-electron chi connectivity index (χ3n) is 2.84. The van der Waals surface area contributed by atoms with E-state index in [0.29, 0.717) is 24.6 Å². The summed E-state index contributed by atoms with van der Waals surface area (Å²) in [4.78, 5) is 13.3. The number of amides is 1. The van der Waals surface area contributed by atoms with Crippen molar-refractivity contribution >= 4 is 5.91 Å². The Bertz CT molecular complexity index is 436. The highest BCUT2D eigenvalue weighted by Gasteiger charge is 2.39. The Kier molecular flexibility index (Phi) is 3.43. The summed E-state index contributed by atoms with van der Waals surface area (Å²) in [6, 6.07) is 7.17. The lowest BCUT2D eigenvalue weighted by Gasteiger charge is -2.43. The second kappa shape index (κ2) is 4.86. The van der Waals surface area contributed by atoms with E-state index in [2.05, 4.69) is 0 Å². The van der Waals surface area contributed by atoms with Crippen LogP contribution in [0.3, 0.4) is 0 Å². The Morgan fingerprint density at radius 3 is 2.56 bits per heavy atom. The number of aliphatic hydroxyl groups is 1. The number of benzene rings is 1. The smallest absolute Gasteiger partial charge is 0.260 e. The third-order valence-corrected chi connectivity index (χ3v) is 2.84. The summed E-state index contributed by atoms with van der Waals surface area (Å²) >= 11 is 0. The number of β-amino-alcohol motifs (C(OH)–C–C–N with tert-alkyl or cyclic N) is 1. The zero-order chi connectivity index (χ0) is 13.2. The average molecular weight is 251 g/mol. The van der Waals surface area contributed by atoms with Crippen LogP contribution >= 0.6 is 0 Å². The van der Waals surface area contributed by atoms with E-state index >= 15 is 0 Å². The summed E-state index contributed by atoms with van der Waals surface area (Å²) in [5.41, 5.74) is -0.750. The number of hydrogen-bond acceptors (Lipinski definition) is 4. The molecular weight excluding hydrogens is 234 g/mol. The van der Waals surface area contributed by atoms with Gasteiger partial charge in [0, 0.05) is 0 Å². The van der Waals surface area contributed by atoms with Crippen molar-refractivity contribution in [3.8, 4) is 11.5 Å². The minimum Gasteiger partial charge on any atom is -0.493 e. The van der Waals surface area contributed by atoms with Gasteiger partial charge in [0.05, 0.1) is 25.8 Å². The van der Waals surface area contributed by atoms with E-state index < -0.39 is 5.60 Å². The molecule has 18 heavy (non-hydrogen) atoms. The van der Waals surface area contributed by atoms with Crippen molar-refractivity contribution in [2.75, 3.05) is 26.8 Å². The van der Waals surface area contributed by atoms with Crippen molar-refractivity contribution in [1.29, 1.82) is 0 Å². The second-order valence-electron chi connectivity index (χ2n) is 4.69. The topological polar surface area (TPSA) is 59.0 Å². The molecule has 2 rings (SSSR count). The van der Waals surface area contributed by atoms with Gasteiger partial charge in [-0.05, 0) is 19.1 Å². The van der Waals surface area contributed by atoms with Crippen molar-refractivity contribution in [3.05, 3.63) is 24.3 Å². The highest BCUT2D eigenvalue weighted by Crippen LogP contribution is 2.26. The minimum atomic E-state index is -0.750. The molecule has 1 heterocycles. The average Bonchev–Trinajstić information content (AvgIpc) is 2.33. The number of carbonyl (C=O) groups is 1. The van der Waals surface area contributed by atoms with E-state index in [1.54, 1.807) is 31.1 Å². The van der Waals surface area contributed by atoms with Crippen LogP contribution in [0.2, 0.25) is 0 Å². The fourth-order valence-corrected chi connectivity index (χ4v) is 1.92. The Morgan fingerprint density at radius 1 is 1.39 bits per heavy atom. The number of rotatable bonds is 4. The summed E-state index contributed by atoms with van der Waals surface area (Å²) in [6.07, 6.45) is 0. The van der Waals surface area contributed by atoms with Gasteiger partial charge in [0.2, 0.25) is 0 Å². The molecule has 1 aromatic carbocycles. The monoisotopic (exact) mass is 251 g/mol. The molecule has 1 aliphatic rings. The number of para-hydroxylation sites is 2. The van der Waals surface area contributed by atoms with Crippen LogP contribution in [0.25, 0.3) is 0 Å². The lowest BCUT2D eigenvalue weighted by atomic mass is 9.97.